The lowest BCUT2D eigenvalue weighted by Gasteiger charge is -2.35. The molecule has 0 radical (unpaired) electrons. The Kier molecular flexibility index (Phi) is 5.10. The van der Waals surface area contributed by atoms with Gasteiger partial charge in [-0.1, -0.05) is 0 Å². The van der Waals surface area contributed by atoms with E-state index in [2.05, 4.69) is 34.0 Å². The summed E-state index contributed by atoms with van der Waals surface area (Å²) in [6.45, 7) is 6.27. The highest BCUT2D eigenvalue weighted by Crippen LogP contribution is 2.16. The number of hydrogen-bond acceptors (Lipinski definition) is 5. The van der Waals surface area contributed by atoms with Crippen molar-refractivity contribution in [1.29, 1.82) is 0 Å². The van der Waals surface area contributed by atoms with Crippen molar-refractivity contribution < 1.29 is 4.74 Å². The lowest BCUT2D eigenvalue weighted by molar-refractivity contribution is 0.0834. The molecule has 1 aromatic rings. The number of nitrogens with zero attached hydrogens (tertiary/aromatic N) is 3. The van der Waals surface area contributed by atoms with Gasteiger partial charge in [-0.15, -0.1) is 0 Å². The Balaban J connectivity index is 1.91. The average molecular weight is 264 g/mol. The maximum absolute atomic E-state index is 5.36. The van der Waals surface area contributed by atoms with Gasteiger partial charge in [0, 0.05) is 44.7 Å². The predicted molar refractivity (Wildman–Crippen MR) is 76.3 cm³/mol. The number of nitrogens with one attached hydrogen (secondary N) is 1. The van der Waals surface area contributed by atoms with Gasteiger partial charge in [0.15, 0.2) is 0 Å². The van der Waals surface area contributed by atoms with Crippen molar-refractivity contribution in [2.24, 2.45) is 0 Å². The highest BCUT2D eigenvalue weighted by Gasteiger charge is 2.24. The second-order valence-electron chi connectivity index (χ2n) is 5.23. The van der Waals surface area contributed by atoms with Gasteiger partial charge in [0.2, 0.25) is 5.95 Å². The van der Waals surface area contributed by atoms with Gasteiger partial charge in [-0.2, -0.15) is 0 Å². The molecule has 106 valence electrons. The first-order valence-corrected chi connectivity index (χ1v) is 7.01. The molecule has 0 aromatic carbocycles. The third kappa shape index (κ3) is 3.88. The summed E-state index contributed by atoms with van der Waals surface area (Å²) in [5.74, 6) is 0.835. The molecule has 5 nitrogen and oxygen atoms in total. The zero-order valence-electron chi connectivity index (χ0n) is 12.0. The smallest absolute Gasteiger partial charge is 0.225 e. The summed E-state index contributed by atoms with van der Waals surface area (Å²) >= 11 is 0. The van der Waals surface area contributed by atoms with Crippen molar-refractivity contribution in [3.05, 3.63) is 18.5 Å². The third-order valence-electron chi connectivity index (χ3n) is 3.83. The van der Waals surface area contributed by atoms with Gasteiger partial charge in [-0.25, -0.2) is 9.97 Å². The van der Waals surface area contributed by atoms with Gasteiger partial charge in [0.05, 0.1) is 6.10 Å². The van der Waals surface area contributed by atoms with Crippen LogP contribution in [0.1, 0.15) is 26.7 Å². The summed E-state index contributed by atoms with van der Waals surface area (Å²) in [7, 11) is 1.76. The maximum Gasteiger partial charge on any atom is 0.225 e. The van der Waals surface area contributed by atoms with Crippen LogP contribution in [0.15, 0.2) is 18.5 Å². The fourth-order valence-corrected chi connectivity index (χ4v) is 2.46. The monoisotopic (exact) mass is 264 g/mol. The summed E-state index contributed by atoms with van der Waals surface area (Å²) in [4.78, 5) is 10.9. The zero-order chi connectivity index (χ0) is 13.7. The van der Waals surface area contributed by atoms with E-state index in [-0.39, 0.29) is 6.10 Å². The van der Waals surface area contributed by atoms with Gasteiger partial charge < -0.3 is 15.0 Å². The molecule has 0 amide bonds. The first kappa shape index (κ1) is 14.2. The normalized spacial score (nSPS) is 23.1. The molecule has 1 aliphatic heterocycles. The van der Waals surface area contributed by atoms with Crippen molar-refractivity contribution in [2.75, 3.05) is 25.1 Å². The lowest BCUT2D eigenvalue weighted by atomic mass is 10.0. The van der Waals surface area contributed by atoms with Crippen molar-refractivity contribution in [1.82, 2.24) is 15.3 Å². The Morgan fingerprint density at radius 2 is 2.11 bits per heavy atom. The molecule has 0 saturated carbocycles. The van der Waals surface area contributed by atoms with E-state index in [1.54, 1.807) is 19.5 Å². The molecule has 0 spiro atoms. The van der Waals surface area contributed by atoms with Gasteiger partial charge in [0.1, 0.15) is 0 Å². The van der Waals surface area contributed by atoms with E-state index in [0.717, 1.165) is 19.0 Å². The Labute approximate surface area is 115 Å². The van der Waals surface area contributed by atoms with Crippen molar-refractivity contribution in [3.8, 4) is 0 Å². The SMILES string of the molecule is COC(C)C(C)NC1CCCN(c2ncccn2)C1. The predicted octanol–water partition coefficient (Wildman–Crippen LogP) is 1.46. The molecule has 1 aromatic heterocycles. The number of ether oxygens (including phenoxy) is 1. The topological polar surface area (TPSA) is 50.3 Å². The summed E-state index contributed by atoms with van der Waals surface area (Å²) in [6.07, 6.45) is 6.20. The molecular weight excluding hydrogens is 240 g/mol. The Bertz CT molecular complexity index is 373. The van der Waals surface area contributed by atoms with Crippen LogP contribution in [-0.2, 0) is 4.74 Å². The van der Waals surface area contributed by atoms with Crippen LogP contribution in [0.25, 0.3) is 0 Å². The van der Waals surface area contributed by atoms with Crippen LogP contribution in [0.2, 0.25) is 0 Å². The fourth-order valence-electron chi connectivity index (χ4n) is 2.46. The van der Waals surface area contributed by atoms with Gasteiger partial charge in [-0.05, 0) is 32.8 Å². The molecule has 0 bridgehead atoms. The highest BCUT2D eigenvalue weighted by molar-refractivity contribution is 5.29. The Morgan fingerprint density at radius 1 is 1.37 bits per heavy atom. The van der Waals surface area contributed by atoms with Crippen LogP contribution in [0.4, 0.5) is 5.95 Å². The van der Waals surface area contributed by atoms with Crippen LogP contribution < -0.4 is 10.2 Å². The minimum absolute atomic E-state index is 0.225. The third-order valence-corrected chi connectivity index (χ3v) is 3.83. The number of methoxy groups -OCH3 is 1. The second-order valence-corrected chi connectivity index (χ2v) is 5.23. The number of anilines is 1. The van der Waals surface area contributed by atoms with Gasteiger partial charge in [0.25, 0.3) is 0 Å². The van der Waals surface area contributed by atoms with E-state index >= 15 is 0 Å². The molecule has 2 heterocycles. The molecule has 1 aliphatic rings. The first-order valence-electron chi connectivity index (χ1n) is 7.01. The fraction of sp³-hybridized carbons (Fsp3) is 0.714. The van der Waals surface area contributed by atoms with Crippen LogP contribution in [-0.4, -0.2) is 48.4 Å². The minimum atomic E-state index is 0.225. The van der Waals surface area contributed by atoms with E-state index in [1.165, 1.54) is 12.8 Å². The molecule has 1 fully saturated rings. The molecule has 1 N–H and O–H groups in total. The summed E-state index contributed by atoms with van der Waals surface area (Å²) in [5, 5.41) is 3.65. The van der Waals surface area contributed by atoms with Crippen molar-refractivity contribution in [2.45, 2.75) is 44.9 Å². The molecule has 0 aliphatic carbocycles. The van der Waals surface area contributed by atoms with Crippen LogP contribution in [0.5, 0.6) is 0 Å². The van der Waals surface area contributed by atoms with Crippen LogP contribution in [0, 0.1) is 0 Å². The van der Waals surface area contributed by atoms with E-state index in [1.807, 2.05) is 6.07 Å². The van der Waals surface area contributed by atoms with E-state index in [0.29, 0.717) is 12.1 Å². The van der Waals surface area contributed by atoms with Gasteiger partial charge >= 0.3 is 0 Å². The number of piperidine rings is 1. The summed E-state index contributed by atoms with van der Waals surface area (Å²) in [6, 6.07) is 2.68. The molecule has 1 saturated heterocycles. The standard InChI is InChI=1S/C14H24N4O/c1-11(12(2)19-3)17-13-6-4-9-18(10-13)14-15-7-5-8-16-14/h5,7-8,11-13,17H,4,6,9-10H2,1-3H3. The molecule has 2 rings (SSSR count). The molecule has 5 heteroatoms. The van der Waals surface area contributed by atoms with E-state index < -0.39 is 0 Å². The number of rotatable bonds is 5. The largest absolute Gasteiger partial charge is 0.380 e. The Hall–Kier alpha value is -1.20. The quantitative estimate of drug-likeness (QED) is 0.872. The zero-order valence-corrected chi connectivity index (χ0v) is 12.0. The van der Waals surface area contributed by atoms with Crippen LogP contribution >= 0.6 is 0 Å². The van der Waals surface area contributed by atoms with Crippen molar-refractivity contribution >= 4 is 5.95 Å². The first-order chi connectivity index (χ1) is 9.20. The molecular formula is C14H24N4O. The van der Waals surface area contributed by atoms with Gasteiger partial charge in [-0.3, -0.25) is 0 Å². The lowest BCUT2D eigenvalue weighted by Crippen LogP contribution is -2.51. The maximum atomic E-state index is 5.36. The number of aromatic nitrogens is 2. The molecule has 19 heavy (non-hydrogen) atoms. The van der Waals surface area contributed by atoms with Crippen molar-refractivity contribution in [3.63, 3.8) is 0 Å². The van der Waals surface area contributed by atoms with E-state index in [4.69, 9.17) is 4.74 Å². The minimum Gasteiger partial charge on any atom is -0.380 e. The second kappa shape index (κ2) is 6.82. The molecule has 3 atom stereocenters. The summed E-state index contributed by atoms with van der Waals surface area (Å²) in [5.41, 5.74) is 0. The number of hydrogen-bond donors (Lipinski definition) is 1. The van der Waals surface area contributed by atoms with Crippen LogP contribution in [0.3, 0.4) is 0 Å². The molecule has 3 unspecified atom stereocenters. The Morgan fingerprint density at radius 3 is 2.79 bits per heavy atom. The average Bonchev–Trinajstić information content (AvgIpc) is 2.47. The summed E-state index contributed by atoms with van der Waals surface area (Å²) < 4.78 is 5.36. The highest BCUT2D eigenvalue weighted by atomic mass is 16.5. The van der Waals surface area contributed by atoms with E-state index in [9.17, 15) is 0 Å².